The van der Waals surface area contributed by atoms with Crippen molar-refractivity contribution in [2.24, 2.45) is 5.73 Å². The molecule has 0 spiro atoms. The lowest BCUT2D eigenvalue weighted by molar-refractivity contribution is 0.0373. The number of nitrogens with two attached hydrogens (primary N) is 1. The Labute approximate surface area is 73.5 Å². The van der Waals surface area contributed by atoms with Gasteiger partial charge in [0.2, 0.25) is 0 Å². The normalized spacial score (nSPS) is 42.0. The van der Waals surface area contributed by atoms with E-state index in [1.165, 1.54) is 12.8 Å². The summed E-state index contributed by atoms with van der Waals surface area (Å²) in [4.78, 5) is 2.49. The average molecular weight is 170 g/mol. The Morgan fingerprint density at radius 3 is 2.33 bits per heavy atom. The summed E-state index contributed by atoms with van der Waals surface area (Å²) >= 11 is 0. The molecule has 0 amide bonds. The second-order valence-electron chi connectivity index (χ2n) is 4.04. The maximum absolute atomic E-state index is 9.52. The Balaban J connectivity index is 1.99. The third-order valence-corrected chi connectivity index (χ3v) is 3.25. The molecule has 0 unspecified atom stereocenters. The van der Waals surface area contributed by atoms with Gasteiger partial charge in [0.25, 0.3) is 0 Å². The first-order valence-electron chi connectivity index (χ1n) is 4.95. The van der Waals surface area contributed by atoms with Gasteiger partial charge in [0, 0.05) is 25.2 Å². The SMILES string of the molecule is NCCN1[C@@H]2CC[C@@H]1CC(O)C2. The topological polar surface area (TPSA) is 49.5 Å². The van der Waals surface area contributed by atoms with Gasteiger partial charge in [-0.3, -0.25) is 4.90 Å². The lowest BCUT2D eigenvalue weighted by atomic mass is 10.00. The number of piperidine rings is 1. The molecular formula is C9H18N2O. The van der Waals surface area contributed by atoms with E-state index < -0.39 is 0 Å². The van der Waals surface area contributed by atoms with Crippen LogP contribution in [0.4, 0.5) is 0 Å². The van der Waals surface area contributed by atoms with E-state index in [0.717, 1.165) is 25.9 Å². The molecule has 3 heteroatoms. The minimum Gasteiger partial charge on any atom is -0.393 e. The second-order valence-corrected chi connectivity index (χ2v) is 4.04. The number of fused-ring (bicyclic) bond motifs is 2. The lowest BCUT2D eigenvalue weighted by Crippen LogP contribution is -2.46. The van der Waals surface area contributed by atoms with Crippen LogP contribution in [0.5, 0.6) is 0 Å². The Bertz CT molecular complexity index is 149. The monoisotopic (exact) mass is 170 g/mol. The summed E-state index contributed by atoms with van der Waals surface area (Å²) in [6, 6.07) is 1.25. The van der Waals surface area contributed by atoms with E-state index in [0.29, 0.717) is 12.1 Å². The molecule has 2 fully saturated rings. The molecule has 2 heterocycles. The molecule has 2 aliphatic rings. The van der Waals surface area contributed by atoms with Crippen LogP contribution in [0.2, 0.25) is 0 Å². The molecule has 3 nitrogen and oxygen atoms in total. The molecule has 2 atom stereocenters. The standard InChI is InChI=1S/C9H18N2O/c10-3-4-11-7-1-2-8(11)6-9(12)5-7/h7-9,12H,1-6,10H2/t7-,8-/m1/s1. The lowest BCUT2D eigenvalue weighted by Gasteiger charge is -2.36. The van der Waals surface area contributed by atoms with Crippen LogP contribution in [0.3, 0.4) is 0 Å². The van der Waals surface area contributed by atoms with Gasteiger partial charge < -0.3 is 10.8 Å². The summed E-state index contributed by atoms with van der Waals surface area (Å²) < 4.78 is 0. The number of aliphatic hydroxyl groups excluding tert-OH is 1. The molecule has 0 aromatic rings. The predicted molar refractivity (Wildman–Crippen MR) is 47.8 cm³/mol. The number of hydrogen-bond acceptors (Lipinski definition) is 3. The zero-order valence-corrected chi connectivity index (χ0v) is 7.45. The van der Waals surface area contributed by atoms with E-state index in [-0.39, 0.29) is 6.10 Å². The van der Waals surface area contributed by atoms with Crippen LogP contribution in [-0.2, 0) is 0 Å². The molecule has 2 aliphatic heterocycles. The van der Waals surface area contributed by atoms with Crippen LogP contribution < -0.4 is 5.73 Å². The summed E-state index contributed by atoms with van der Waals surface area (Å²) in [5.41, 5.74) is 5.54. The van der Waals surface area contributed by atoms with Crippen molar-refractivity contribution in [3.63, 3.8) is 0 Å². The first-order valence-corrected chi connectivity index (χ1v) is 4.95. The largest absolute Gasteiger partial charge is 0.393 e. The molecule has 2 saturated heterocycles. The number of nitrogens with zero attached hydrogens (tertiary/aromatic N) is 1. The van der Waals surface area contributed by atoms with Crippen LogP contribution in [0.15, 0.2) is 0 Å². The van der Waals surface area contributed by atoms with Crippen LogP contribution in [-0.4, -0.2) is 41.3 Å². The Hall–Kier alpha value is -0.120. The smallest absolute Gasteiger partial charge is 0.0570 e. The third kappa shape index (κ3) is 1.37. The Kier molecular flexibility index (Phi) is 2.35. The van der Waals surface area contributed by atoms with E-state index in [1.54, 1.807) is 0 Å². The van der Waals surface area contributed by atoms with Crippen molar-refractivity contribution in [2.45, 2.75) is 43.9 Å². The highest BCUT2D eigenvalue weighted by molar-refractivity contribution is 4.94. The molecular weight excluding hydrogens is 152 g/mol. The second kappa shape index (κ2) is 3.32. The van der Waals surface area contributed by atoms with Crippen molar-refractivity contribution >= 4 is 0 Å². The maximum atomic E-state index is 9.52. The van der Waals surface area contributed by atoms with Crippen molar-refractivity contribution in [2.75, 3.05) is 13.1 Å². The molecule has 3 N–H and O–H groups in total. The average Bonchev–Trinajstić information content (AvgIpc) is 2.32. The molecule has 12 heavy (non-hydrogen) atoms. The van der Waals surface area contributed by atoms with Gasteiger partial charge >= 0.3 is 0 Å². The highest BCUT2D eigenvalue weighted by Crippen LogP contribution is 2.34. The van der Waals surface area contributed by atoms with Gasteiger partial charge in [0.15, 0.2) is 0 Å². The van der Waals surface area contributed by atoms with Gasteiger partial charge in [-0.15, -0.1) is 0 Å². The van der Waals surface area contributed by atoms with E-state index >= 15 is 0 Å². The van der Waals surface area contributed by atoms with Gasteiger partial charge in [-0.25, -0.2) is 0 Å². The minimum atomic E-state index is -0.0449. The first kappa shape index (κ1) is 8.48. The fourth-order valence-corrected chi connectivity index (χ4v) is 2.76. The molecule has 70 valence electrons. The molecule has 0 radical (unpaired) electrons. The quantitative estimate of drug-likeness (QED) is 0.610. The zero-order valence-electron chi connectivity index (χ0n) is 7.45. The predicted octanol–water partition coefficient (Wildman–Crippen LogP) is -0.0672. The number of rotatable bonds is 2. The minimum absolute atomic E-state index is 0.0449. The van der Waals surface area contributed by atoms with Gasteiger partial charge in [-0.2, -0.15) is 0 Å². The van der Waals surface area contributed by atoms with E-state index in [1.807, 2.05) is 0 Å². The summed E-state index contributed by atoms with van der Waals surface area (Å²) in [5.74, 6) is 0. The van der Waals surface area contributed by atoms with Gasteiger partial charge in [0.05, 0.1) is 6.10 Å². The fourth-order valence-electron chi connectivity index (χ4n) is 2.76. The van der Waals surface area contributed by atoms with E-state index in [9.17, 15) is 5.11 Å². The van der Waals surface area contributed by atoms with E-state index in [2.05, 4.69) is 4.90 Å². The molecule has 2 rings (SSSR count). The summed E-state index contributed by atoms with van der Waals surface area (Å²) in [6.45, 7) is 1.77. The fraction of sp³-hybridized carbons (Fsp3) is 1.00. The van der Waals surface area contributed by atoms with Gasteiger partial charge in [-0.1, -0.05) is 0 Å². The van der Waals surface area contributed by atoms with Crippen LogP contribution >= 0.6 is 0 Å². The molecule has 0 aliphatic carbocycles. The van der Waals surface area contributed by atoms with E-state index in [4.69, 9.17) is 5.73 Å². The summed E-state index contributed by atoms with van der Waals surface area (Å²) in [7, 11) is 0. The van der Waals surface area contributed by atoms with Crippen molar-refractivity contribution in [1.29, 1.82) is 0 Å². The molecule has 0 aromatic carbocycles. The Morgan fingerprint density at radius 2 is 1.83 bits per heavy atom. The summed E-state index contributed by atoms with van der Waals surface area (Å²) in [6.07, 6.45) is 4.42. The van der Waals surface area contributed by atoms with Crippen molar-refractivity contribution < 1.29 is 5.11 Å². The molecule has 0 aromatic heterocycles. The van der Waals surface area contributed by atoms with Crippen molar-refractivity contribution in [3.8, 4) is 0 Å². The van der Waals surface area contributed by atoms with Gasteiger partial charge in [-0.05, 0) is 25.7 Å². The Morgan fingerprint density at radius 1 is 1.25 bits per heavy atom. The van der Waals surface area contributed by atoms with Crippen LogP contribution in [0.25, 0.3) is 0 Å². The van der Waals surface area contributed by atoms with Crippen LogP contribution in [0, 0.1) is 0 Å². The summed E-state index contributed by atoms with van der Waals surface area (Å²) in [5, 5.41) is 9.52. The third-order valence-electron chi connectivity index (χ3n) is 3.25. The zero-order chi connectivity index (χ0) is 8.55. The number of hydrogen-bond donors (Lipinski definition) is 2. The highest BCUT2D eigenvalue weighted by atomic mass is 16.3. The number of aliphatic hydroxyl groups is 1. The van der Waals surface area contributed by atoms with Crippen molar-refractivity contribution in [1.82, 2.24) is 4.90 Å². The molecule has 0 saturated carbocycles. The first-order chi connectivity index (χ1) is 5.81. The highest BCUT2D eigenvalue weighted by Gasteiger charge is 2.39. The maximum Gasteiger partial charge on any atom is 0.0570 e. The van der Waals surface area contributed by atoms with Crippen molar-refractivity contribution in [3.05, 3.63) is 0 Å². The van der Waals surface area contributed by atoms with Gasteiger partial charge in [0.1, 0.15) is 0 Å². The van der Waals surface area contributed by atoms with Crippen LogP contribution in [0.1, 0.15) is 25.7 Å². The molecule has 2 bridgehead atoms.